The Morgan fingerprint density at radius 1 is 1.11 bits per heavy atom. The number of nitrogens with one attached hydrogen (secondary N) is 1. The van der Waals surface area contributed by atoms with Gasteiger partial charge in [0, 0.05) is 41.9 Å². The van der Waals surface area contributed by atoms with Gasteiger partial charge in [0.25, 0.3) is 5.91 Å². The van der Waals surface area contributed by atoms with Gasteiger partial charge in [-0.05, 0) is 55.3 Å². The third-order valence-corrected chi connectivity index (χ3v) is 6.08. The number of carbonyl (C=O) groups excluding carboxylic acids is 1. The highest BCUT2D eigenvalue weighted by atomic mass is 32.2. The zero-order valence-corrected chi connectivity index (χ0v) is 16.8. The number of aromatic nitrogens is 1. The van der Waals surface area contributed by atoms with Crippen LogP contribution in [0.1, 0.15) is 21.5 Å². The molecule has 1 aromatic heterocycles. The number of aryl methyl sites for hydroxylation is 2. The molecule has 2 heterocycles. The number of fused-ring (bicyclic) bond motifs is 1. The molecule has 144 valence electrons. The first-order valence-corrected chi connectivity index (χ1v) is 10.5. The molecule has 2 aromatic carbocycles. The topological polar surface area (TPSA) is 45.2 Å². The van der Waals surface area contributed by atoms with Crippen molar-refractivity contribution in [1.82, 2.24) is 9.88 Å². The highest BCUT2D eigenvalue weighted by Crippen LogP contribution is 2.31. The van der Waals surface area contributed by atoms with Gasteiger partial charge in [-0.1, -0.05) is 6.07 Å². The molecule has 4 rings (SSSR count). The number of pyridine rings is 1. The second kappa shape index (κ2) is 7.80. The molecule has 1 aliphatic rings. The lowest BCUT2D eigenvalue weighted by Gasteiger charge is -2.27. The van der Waals surface area contributed by atoms with E-state index in [1.165, 1.54) is 17.7 Å². The minimum absolute atomic E-state index is 0.0645. The molecular formula is C22H22FN3OS. The van der Waals surface area contributed by atoms with Crippen molar-refractivity contribution in [3.8, 4) is 0 Å². The molecule has 0 saturated carbocycles. The summed E-state index contributed by atoms with van der Waals surface area (Å²) < 4.78 is 14.0. The van der Waals surface area contributed by atoms with Crippen LogP contribution in [-0.4, -0.2) is 40.4 Å². The lowest BCUT2D eigenvalue weighted by atomic mass is 10.1. The van der Waals surface area contributed by atoms with E-state index >= 15 is 0 Å². The third-order valence-electron chi connectivity index (χ3n) is 5.13. The molecule has 0 bridgehead atoms. The molecule has 3 aromatic rings. The van der Waals surface area contributed by atoms with Crippen molar-refractivity contribution in [1.29, 1.82) is 0 Å². The molecule has 0 unspecified atom stereocenters. The van der Waals surface area contributed by atoms with Crippen molar-refractivity contribution < 1.29 is 9.18 Å². The Hall–Kier alpha value is -2.60. The number of halogens is 1. The van der Waals surface area contributed by atoms with Crippen LogP contribution < -0.4 is 5.32 Å². The second-order valence-corrected chi connectivity index (χ2v) is 8.26. The number of benzene rings is 2. The average molecular weight is 396 g/mol. The van der Waals surface area contributed by atoms with Gasteiger partial charge in [-0.3, -0.25) is 9.78 Å². The second-order valence-electron chi connectivity index (χ2n) is 7.04. The molecule has 4 nitrogen and oxygen atoms in total. The predicted octanol–water partition coefficient (Wildman–Crippen LogP) is 4.92. The van der Waals surface area contributed by atoms with E-state index in [4.69, 9.17) is 0 Å². The Morgan fingerprint density at radius 2 is 1.89 bits per heavy atom. The quantitative estimate of drug-likeness (QED) is 0.683. The monoisotopic (exact) mass is 395 g/mol. The Kier molecular flexibility index (Phi) is 5.22. The number of thioether (sulfide) groups is 1. The van der Waals surface area contributed by atoms with E-state index < -0.39 is 0 Å². The molecule has 1 fully saturated rings. The Bertz CT molecular complexity index is 1050. The molecular weight excluding hydrogens is 373 g/mol. The van der Waals surface area contributed by atoms with Gasteiger partial charge < -0.3 is 10.2 Å². The summed E-state index contributed by atoms with van der Waals surface area (Å²) in [5, 5.41) is 3.98. The number of anilines is 2. The summed E-state index contributed by atoms with van der Waals surface area (Å²) >= 11 is 1.85. The van der Waals surface area contributed by atoms with Crippen LogP contribution in [0.2, 0.25) is 0 Å². The highest BCUT2D eigenvalue weighted by molar-refractivity contribution is 7.99. The number of nitrogens with zero attached hydrogens (tertiary/aromatic N) is 2. The minimum atomic E-state index is -0.351. The maximum Gasteiger partial charge on any atom is 0.257 e. The van der Waals surface area contributed by atoms with Crippen molar-refractivity contribution >= 4 is 39.9 Å². The summed E-state index contributed by atoms with van der Waals surface area (Å²) in [5.41, 5.74) is 4.94. The van der Waals surface area contributed by atoms with Crippen molar-refractivity contribution in [3.63, 3.8) is 0 Å². The van der Waals surface area contributed by atoms with Crippen LogP contribution in [0.25, 0.3) is 10.9 Å². The van der Waals surface area contributed by atoms with Crippen LogP contribution in [0.3, 0.4) is 0 Å². The number of carbonyl (C=O) groups is 1. The van der Waals surface area contributed by atoms with Crippen LogP contribution in [0.4, 0.5) is 15.8 Å². The molecule has 1 N–H and O–H groups in total. The molecule has 0 spiro atoms. The molecule has 0 atom stereocenters. The molecule has 0 aliphatic carbocycles. The SMILES string of the molecule is Cc1ccc(Nc2c(C(=O)N3CCSCC3)cnc3ccc(F)cc23)cc1C. The van der Waals surface area contributed by atoms with Gasteiger partial charge in [0.15, 0.2) is 0 Å². The standard InChI is InChI=1S/C22H22FN3OS/c1-14-3-5-17(11-15(14)2)25-21-18-12-16(23)4-6-20(18)24-13-19(21)22(27)26-7-9-28-10-8-26/h3-6,11-13H,7-10H2,1-2H3,(H,24,25). The normalized spacial score (nSPS) is 14.3. The summed E-state index contributed by atoms with van der Waals surface area (Å²) in [4.78, 5) is 19.5. The van der Waals surface area contributed by atoms with Crippen LogP contribution in [0, 0.1) is 19.7 Å². The fourth-order valence-electron chi connectivity index (χ4n) is 3.36. The van der Waals surface area contributed by atoms with Crippen molar-refractivity contribution in [2.24, 2.45) is 0 Å². The van der Waals surface area contributed by atoms with Crippen LogP contribution in [-0.2, 0) is 0 Å². The predicted molar refractivity (Wildman–Crippen MR) is 114 cm³/mol. The van der Waals surface area contributed by atoms with Gasteiger partial charge in [-0.25, -0.2) is 4.39 Å². The summed E-state index contributed by atoms with van der Waals surface area (Å²) in [6.07, 6.45) is 1.60. The molecule has 1 saturated heterocycles. The van der Waals surface area contributed by atoms with Gasteiger partial charge in [-0.2, -0.15) is 11.8 Å². The average Bonchev–Trinajstić information content (AvgIpc) is 2.71. The zero-order valence-electron chi connectivity index (χ0n) is 16.0. The lowest BCUT2D eigenvalue weighted by molar-refractivity contribution is 0.0773. The van der Waals surface area contributed by atoms with E-state index in [9.17, 15) is 9.18 Å². The van der Waals surface area contributed by atoms with Gasteiger partial charge >= 0.3 is 0 Å². The molecule has 28 heavy (non-hydrogen) atoms. The molecule has 1 aliphatic heterocycles. The number of hydrogen-bond acceptors (Lipinski definition) is 4. The van der Waals surface area contributed by atoms with Crippen LogP contribution in [0.5, 0.6) is 0 Å². The van der Waals surface area contributed by atoms with E-state index in [0.29, 0.717) is 35.2 Å². The first-order chi connectivity index (χ1) is 13.5. The minimum Gasteiger partial charge on any atom is -0.354 e. The van der Waals surface area contributed by atoms with Crippen molar-refractivity contribution in [3.05, 3.63) is 65.1 Å². The highest BCUT2D eigenvalue weighted by Gasteiger charge is 2.23. The Labute approximate surface area is 168 Å². The van der Waals surface area contributed by atoms with E-state index in [2.05, 4.69) is 17.2 Å². The number of amides is 1. The molecule has 1 amide bonds. The van der Waals surface area contributed by atoms with Gasteiger partial charge in [-0.15, -0.1) is 0 Å². The van der Waals surface area contributed by atoms with Gasteiger partial charge in [0.2, 0.25) is 0 Å². The Morgan fingerprint density at radius 3 is 2.64 bits per heavy atom. The Balaban J connectivity index is 1.83. The summed E-state index contributed by atoms with van der Waals surface area (Å²) in [6, 6.07) is 10.5. The fourth-order valence-corrected chi connectivity index (χ4v) is 4.27. The molecule has 6 heteroatoms. The van der Waals surface area contributed by atoms with E-state index in [1.54, 1.807) is 12.3 Å². The first kappa shape index (κ1) is 18.7. The van der Waals surface area contributed by atoms with Gasteiger partial charge in [0.1, 0.15) is 5.82 Å². The first-order valence-electron chi connectivity index (χ1n) is 9.32. The van der Waals surface area contributed by atoms with Gasteiger partial charge in [0.05, 0.1) is 16.8 Å². The number of hydrogen-bond donors (Lipinski definition) is 1. The zero-order chi connectivity index (χ0) is 19.7. The molecule has 0 radical (unpaired) electrons. The maximum atomic E-state index is 14.0. The third kappa shape index (κ3) is 3.69. The van der Waals surface area contributed by atoms with E-state index in [0.717, 1.165) is 22.8 Å². The maximum absolute atomic E-state index is 14.0. The fraction of sp³-hybridized carbons (Fsp3) is 0.273. The number of rotatable bonds is 3. The smallest absolute Gasteiger partial charge is 0.257 e. The summed E-state index contributed by atoms with van der Waals surface area (Å²) in [5.74, 6) is 1.45. The summed E-state index contributed by atoms with van der Waals surface area (Å²) in [6.45, 7) is 5.53. The summed E-state index contributed by atoms with van der Waals surface area (Å²) in [7, 11) is 0. The van der Waals surface area contributed by atoms with Crippen LogP contribution in [0.15, 0.2) is 42.6 Å². The largest absolute Gasteiger partial charge is 0.354 e. The van der Waals surface area contributed by atoms with Crippen molar-refractivity contribution in [2.45, 2.75) is 13.8 Å². The van der Waals surface area contributed by atoms with E-state index in [-0.39, 0.29) is 11.7 Å². The van der Waals surface area contributed by atoms with Crippen molar-refractivity contribution in [2.75, 3.05) is 29.9 Å². The lowest BCUT2D eigenvalue weighted by Crippen LogP contribution is -2.38. The van der Waals surface area contributed by atoms with Crippen LogP contribution >= 0.6 is 11.8 Å². The van der Waals surface area contributed by atoms with E-state index in [1.807, 2.05) is 41.8 Å².